The lowest BCUT2D eigenvalue weighted by atomic mass is 10.0. The summed E-state index contributed by atoms with van der Waals surface area (Å²) in [5.74, 6) is 0. The van der Waals surface area contributed by atoms with Crippen LogP contribution < -0.4 is 5.56 Å². The molecule has 3 aromatic heterocycles. The van der Waals surface area contributed by atoms with E-state index < -0.39 is 0 Å². The Morgan fingerprint density at radius 1 is 1.11 bits per heavy atom. The van der Waals surface area contributed by atoms with Gasteiger partial charge in [0.15, 0.2) is 0 Å². The molecular weight excluding hydrogens is 368 g/mol. The van der Waals surface area contributed by atoms with Crippen molar-refractivity contribution in [3.05, 3.63) is 75.3 Å². The largest absolute Gasteiger partial charge is 0.288 e. The Morgan fingerprint density at radius 3 is 2.89 bits per heavy atom. The number of likely N-dealkylation sites (tertiary alicyclic amines) is 1. The normalized spacial score (nSPS) is 18.1. The number of pyridine rings is 1. The minimum absolute atomic E-state index is 0.00773. The van der Waals surface area contributed by atoms with Crippen LogP contribution >= 0.6 is 11.3 Å². The summed E-state index contributed by atoms with van der Waals surface area (Å²) in [6, 6.07) is 16.1. The molecule has 0 radical (unpaired) electrons. The molecule has 5 rings (SSSR count). The number of benzene rings is 1. The summed E-state index contributed by atoms with van der Waals surface area (Å²) in [7, 11) is 0. The van der Waals surface area contributed by atoms with E-state index in [0.717, 1.165) is 35.5 Å². The van der Waals surface area contributed by atoms with Crippen molar-refractivity contribution >= 4 is 27.2 Å². The first-order valence-corrected chi connectivity index (χ1v) is 10.6. The zero-order chi connectivity index (χ0) is 19.1. The third-order valence-corrected chi connectivity index (χ3v) is 6.65. The van der Waals surface area contributed by atoms with Crippen LogP contribution in [0.1, 0.15) is 41.7 Å². The van der Waals surface area contributed by atoms with Gasteiger partial charge in [-0.05, 0) is 50.6 Å². The molecule has 4 aromatic rings. The lowest BCUT2D eigenvalue weighted by molar-refractivity contribution is 0.138. The maximum absolute atomic E-state index is 12.6. The summed E-state index contributed by atoms with van der Waals surface area (Å²) in [5.41, 5.74) is 3.53. The van der Waals surface area contributed by atoms with Gasteiger partial charge in [0, 0.05) is 18.3 Å². The summed E-state index contributed by atoms with van der Waals surface area (Å²) in [5, 5.41) is 1.18. The number of fused-ring (bicyclic) bond motifs is 2. The van der Waals surface area contributed by atoms with Gasteiger partial charge in [-0.25, -0.2) is 9.97 Å². The molecule has 0 spiro atoms. The van der Waals surface area contributed by atoms with Gasteiger partial charge in [-0.2, -0.15) is 0 Å². The molecule has 6 heteroatoms. The highest BCUT2D eigenvalue weighted by Gasteiger charge is 2.27. The van der Waals surface area contributed by atoms with Crippen molar-refractivity contribution in [3.8, 4) is 0 Å². The number of piperidine rings is 1. The van der Waals surface area contributed by atoms with Gasteiger partial charge in [-0.1, -0.05) is 24.6 Å². The van der Waals surface area contributed by atoms with E-state index in [2.05, 4.69) is 23.1 Å². The Hall–Kier alpha value is -2.57. The molecule has 0 unspecified atom stereocenters. The Balaban J connectivity index is 1.49. The Kier molecular flexibility index (Phi) is 4.45. The molecule has 1 saturated heterocycles. The molecule has 4 heterocycles. The molecule has 0 aliphatic carbocycles. The second-order valence-corrected chi connectivity index (χ2v) is 8.51. The van der Waals surface area contributed by atoms with Crippen molar-refractivity contribution in [2.45, 2.75) is 38.8 Å². The zero-order valence-corrected chi connectivity index (χ0v) is 16.7. The SMILES string of the molecule is Cc1cccc2nc(CN3CCCC[C@H]3c3nc4ccccc4s3)cc(=O)n12. The van der Waals surface area contributed by atoms with Crippen LogP contribution in [-0.4, -0.2) is 25.8 Å². The number of aromatic nitrogens is 3. The van der Waals surface area contributed by atoms with E-state index in [1.807, 2.05) is 31.2 Å². The van der Waals surface area contributed by atoms with E-state index >= 15 is 0 Å². The molecule has 28 heavy (non-hydrogen) atoms. The standard InChI is InChI=1S/C22H22N4OS/c1-15-7-6-11-20-23-16(13-21(27)26(15)20)14-25-12-5-4-9-18(25)22-24-17-8-2-3-10-19(17)28-22/h2-3,6-8,10-11,13,18H,4-5,9,12,14H2,1H3/t18-/m0/s1. The van der Waals surface area contributed by atoms with E-state index in [1.54, 1.807) is 21.8 Å². The molecule has 0 bridgehead atoms. The topological polar surface area (TPSA) is 50.5 Å². The fourth-order valence-electron chi connectivity index (χ4n) is 4.15. The second kappa shape index (κ2) is 7.11. The average molecular weight is 391 g/mol. The number of rotatable bonds is 3. The first kappa shape index (κ1) is 17.5. The Bertz CT molecular complexity index is 1180. The van der Waals surface area contributed by atoms with Gasteiger partial charge in [0.2, 0.25) is 0 Å². The van der Waals surface area contributed by atoms with E-state index in [9.17, 15) is 4.79 Å². The predicted octanol–water partition coefficient (Wildman–Crippen LogP) is 4.34. The van der Waals surface area contributed by atoms with Gasteiger partial charge in [0.05, 0.1) is 22.0 Å². The molecule has 1 aromatic carbocycles. The van der Waals surface area contributed by atoms with E-state index in [0.29, 0.717) is 12.6 Å². The highest BCUT2D eigenvalue weighted by Crippen LogP contribution is 2.36. The van der Waals surface area contributed by atoms with Crippen LogP contribution in [0.3, 0.4) is 0 Å². The van der Waals surface area contributed by atoms with Crippen LogP contribution in [0.15, 0.2) is 53.3 Å². The highest BCUT2D eigenvalue weighted by atomic mass is 32.1. The monoisotopic (exact) mass is 390 g/mol. The maximum Gasteiger partial charge on any atom is 0.258 e. The lowest BCUT2D eigenvalue weighted by Gasteiger charge is -2.34. The van der Waals surface area contributed by atoms with Gasteiger partial charge >= 0.3 is 0 Å². The third-order valence-electron chi connectivity index (χ3n) is 5.51. The molecule has 142 valence electrons. The fraction of sp³-hybridized carbons (Fsp3) is 0.318. The molecule has 1 fully saturated rings. The quantitative estimate of drug-likeness (QED) is 0.522. The number of nitrogens with zero attached hydrogens (tertiary/aromatic N) is 4. The smallest absolute Gasteiger partial charge is 0.258 e. The number of hydrogen-bond donors (Lipinski definition) is 0. The van der Waals surface area contributed by atoms with Crippen molar-refractivity contribution in [2.75, 3.05) is 6.54 Å². The van der Waals surface area contributed by atoms with E-state index in [-0.39, 0.29) is 5.56 Å². The molecule has 1 aliphatic rings. The van der Waals surface area contributed by atoms with Crippen LogP contribution in [0, 0.1) is 6.92 Å². The number of hydrogen-bond acceptors (Lipinski definition) is 5. The second-order valence-electron chi connectivity index (χ2n) is 7.45. The molecule has 1 atom stereocenters. The first-order chi connectivity index (χ1) is 13.7. The molecule has 0 saturated carbocycles. The van der Waals surface area contributed by atoms with Gasteiger partial charge in [-0.3, -0.25) is 14.1 Å². The highest BCUT2D eigenvalue weighted by molar-refractivity contribution is 7.18. The van der Waals surface area contributed by atoms with Crippen LogP contribution in [0.4, 0.5) is 0 Å². The molecule has 0 N–H and O–H groups in total. The van der Waals surface area contributed by atoms with E-state index in [4.69, 9.17) is 9.97 Å². The van der Waals surface area contributed by atoms with Crippen LogP contribution in [0.25, 0.3) is 15.9 Å². The van der Waals surface area contributed by atoms with Gasteiger partial charge in [0.1, 0.15) is 10.7 Å². The number of para-hydroxylation sites is 1. The zero-order valence-electron chi connectivity index (χ0n) is 15.8. The van der Waals surface area contributed by atoms with Crippen molar-refractivity contribution in [1.82, 2.24) is 19.3 Å². The van der Waals surface area contributed by atoms with Crippen LogP contribution in [0.5, 0.6) is 0 Å². The summed E-state index contributed by atoms with van der Waals surface area (Å²) in [6.45, 7) is 3.62. The van der Waals surface area contributed by atoms with Gasteiger partial charge < -0.3 is 0 Å². The first-order valence-electron chi connectivity index (χ1n) is 9.77. The summed E-state index contributed by atoms with van der Waals surface area (Å²) < 4.78 is 2.91. The summed E-state index contributed by atoms with van der Waals surface area (Å²) in [4.78, 5) is 24.7. The molecule has 1 aliphatic heterocycles. The van der Waals surface area contributed by atoms with Crippen molar-refractivity contribution in [2.24, 2.45) is 0 Å². The lowest BCUT2D eigenvalue weighted by Crippen LogP contribution is -2.33. The van der Waals surface area contributed by atoms with Gasteiger partial charge in [-0.15, -0.1) is 11.3 Å². The van der Waals surface area contributed by atoms with Crippen molar-refractivity contribution < 1.29 is 0 Å². The van der Waals surface area contributed by atoms with Crippen molar-refractivity contribution in [1.29, 1.82) is 0 Å². The Labute approximate surface area is 167 Å². The predicted molar refractivity (Wildman–Crippen MR) is 113 cm³/mol. The number of aryl methyl sites for hydroxylation is 1. The third kappa shape index (κ3) is 3.12. The van der Waals surface area contributed by atoms with Gasteiger partial charge in [0.25, 0.3) is 5.56 Å². The minimum atomic E-state index is -0.00773. The molecule has 5 nitrogen and oxygen atoms in total. The average Bonchev–Trinajstić information content (AvgIpc) is 3.12. The molecule has 0 amide bonds. The summed E-state index contributed by atoms with van der Waals surface area (Å²) >= 11 is 1.79. The van der Waals surface area contributed by atoms with Crippen LogP contribution in [0.2, 0.25) is 0 Å². The summed E-state index contributed by atoms with van der Waals surface area (Å²) in [6.07, 6.45) is 3.49. The van der Waals surface area contributed by atoms with Crippen LogP contribution in [-0.2, 0) is 6.54 Å². The minimum Gasteiger partial charge on any atom is -0.288 e. The number of thiazole rings is 1. The Morgan fingerprint density at radius 2 is 2.00 bits per heavy atom. The molecular formula is C22H22N4OS. The fourth-order valence-corrected chi connectivity index (χ4v) is 5.28. The van der Waals surface area contributed by atoms with E-state index in [1.165, 1.54) is 22.5 Å². The van der Waals surface area contributed by atoms with Crippen molar-refractivity contribution in [3.63, 3.8) is 0 Å². The maximum atomic E-state index is 12.6.